The molecule has 25 heavy (non-hydrogen) atoms. The average Bonchev–Trinajstić information content (AvgIpc) is 2.83. The number of carboxylic acids is 1. The molecule has 3 aromatic rings. The number of benzene rings is 2. The van der Waals surface area contributed by atoms with E-state index >= 15 is 0 Å². The average molecular weight is 400 g/mol. The van der Waals surface area contributed by atoms with Gasteiger partial charge in [0.1, 0.15) is 0 Å². The highest BCUT2D eigenvalue weighted by Crippen LogP contribution is 2.26. The van der Waals surface area contributed by atoms with Gasteiger partial charge in [0.15, 0.2) is 0 Å². The van der Waals surface area contributed by atoms with Crippen molar-refractivity contribution in [2.45, 2.75) is 13.3 Å². The van der Waals surface area contributed by atoms with Gasteiger partial charge in [-0.3, -0.25) is 4.79 Å². The second-order valence-corrected chi connectivity index (χ2v) is 6.79. The molecule has 128 valence electrons. The number of para-hydroxylation sites is 1. The lowest BCUT2D eigenvalue weighted by Gasteiger charge is -2.11. The normalized spacial score (nSPS) is 10.8. The molecule has 0 aliphatic heterocycles. The smallest absolute Gasteiger partial charge is 0.228 e. The summed E-state index contributed by atoms with van der Waals surface area (Å²) in [5.74, 6) is -1.56. The molecule has 0 atom stereocenters. The molecule has 1 aromatic heterocycles. The Morgan fingerprint density at radius 3 is 2.60 bits per heavy atom. The molecule has 1 N–H and O–H groups in total. The van der Waals surface area contributed by atoms with Gasteiger partial charge in [0.25, 0.3) is 0 Å². The summed E-state index contributed by atoms with van der Waals surface area (Å²) >= 11 is 3.38. The first-order chi connectivity index (χ1) is 11.9. The van der Waals surface area contributed by atoms with Crippen molar-refractivity contribution in [3.8, 4) is 0 Å². The monoisotopic (exact) mass is 399 g/mol. The standard InChI is InChI=1S/C19H17BrN2O3/c1-11-9-12(20)7-8-15(11)21-17(23)10-14-13-5-3-4-6-16(13)22(2)18(14)19(24)25/h3-9H,10H2,1-2H3,(H,21,23)(H,24,25)/p-1. The van der Waals surface area contributed by atoms with E-state index in [9.17, 15) is 14.7 Å². The van der Waals surface area contributed by atoms with Crippen molar-refractivity contribution < 1.29 is 14.7 Å². The third-order valence-electron chi connectivity index (χ3n) is 4.21. The number of hydrogen-bond donors (Lipinski definition) is 1. The van der Waals surface area contributed by atoms with Crippen LogP contribution in [0.5, 0.6) is 0 Å². The number of carbonyl (C=O) groups is 2. The van der Waals surface area contributed by atoms with Crippen LogP contribution in [0.4, 0.5) is 5.69 Å². The fraction of sp³-hybridized carbons (Fsp3) is 0.158. The Labute approximate surface area is 153 Å². The van der Waals surface area contributed by atoms with Crippen LogP contribution in [0, 0.1) is 6.92 Å². The highest BCUT2D eigenvalue weighted by Gasteiger charge is 2.18. The largest absolute Gasteiger partial charge is 0.543 e. The number of anilines is 1. The zero-order chi connectivity index (χ0) is 18.1. The Balaban J connectivity index is 1.96. The fourth-order valence-corrected chi connectivity index (χ4v) is 3.51. The van der Waals surface area contributed by atoms with E-state index in [0.717, 1.165) is 20.9 Å². The van der Waals surface area contributed by atoms with Crippen LogP contribution in [-0.2, 0) is 18.3 Å². The molecule has 5 nitrogen and oxygen atoms in total. The first-order valence-corrected chi connectivity index (χ1v) is 8.51. The van der Waals surface area contributed by atoms with Gasteiger partial charge in [-0.05, 0) is 42.3 Å². The number of carbonyl (C=O) groups excluding carboxylic acids is 2. The maximum absolute atomic E-state index is 12.5. The van der Waals surface area contributed by atoms with E-state index < -0.39 is 5.97 Å². The third-order valence-corrected chi connectivity index (χ3v) is 4.70. The fourth-order valence-electron chi connectivity index (χ4n) is 3.03. The van der Waals surface area contributed by atoms with E-state index in [4.69, 9.17) is 0 Å². The molecule has 3 rings (SSSR count). The summed E-state index contributed by atoms with van der Waals surface area (Å²) in [7, 11) is 1.66. The lowest BCUT2D eigenvalue weighted by molar-refractivity contribution is -0.255. The van der Waals surface area contributed by atoms with Crippen LogP contribution in [0.25, 0.3) is 10.9 Å². The number of aromatic nitrogens is 1. The molecule has 0 spiro atoms. The van der Waals surface area contributed by atoms with Crippen molar-refractivity contribution in [2.24, 2.45) is 7.05 Å². The van der Waals surface area contributed by atoms with Gasteiger partial charge >= 0.3 is 0 Å². The lowest BCUT2D eigenvalue weighted by Crippen LogP contribution is -2.27. The number of carboxylic acid groups (broad SMARTS) is 1. The van der Waals surface area contributed by atoms with Crippen LogP contribution in [-0.4, -0.2) is 16.4 Å². The topological polar surface area (TPSA) is 74.2 Å². The zero-order valence-corrected chi connectivity index (χ0v) is 15.4. The Kier molecular flexibility index (Phi) is 4.63. The van der Waals surface area contributed by atoms with Crippen LogP contribution >= 0.6 is 15.9 Å². The van der Waals surface area contributed by atoms with Crippen LogP contribution in [0.15, 0.2) is 46.9 Å². The molecule has 0 bridgehead atoms. The molecule has 1 amide bonds. The van der Waals surface area contributed by atoms with E-state index in [2.05, 4.69) is 21.2 Å². The molecule has 6 heteroatoms. The van der Waals surface area contributed by atoms with E-state index in [-0.39, 0.29) is 18.0 Å². The van der Waals surface area contributed by atoms with Gasteiger partial charge in [-0.2, -0.15) is 0 Å². The maximum atomic E-state index is 12.5. The van der Waals surface area contributed by atoms with Crippen molar-refractivity contribution in [3.05, 3.63) is 63.8 Å². The summed E-state index contributed by atoms with van der Waals surface area (Å²) in [5, 5.41) is 15.2. The molecule has 0 unspecified atom stereocenters. The Bertz CT molecular complexity index is 992. The number of aryl methyl sites for hydroxylation is 2. The Morgan fingerprint density at radius 2 is 1.92 bits per heavy atom. The van der Waals surface area contributed by atoms with Crippen LogP contribution in [0.2, 0.25) is 0 Å². The molecule has 2 aromatic carbocycles. The zero-order valence-electron chi connectivity index (χ0n) is 13.8. The van der Waals surface area contributed by atoms with Gasteiger partial charge in [-0.25, -0.2) is 0 Å². The predicted molar refractivity (Wildman–Crippen MR) is 98.5 cm³/mol. The minimum atomic E-state index is -1.29. The van der Waals surface area contributed by atoms with Crippen LogP contribution in [0.1, 0.15) is 21.6 Å². The summed E-state index contributed by atoms with van der Waals surface area (Å²) in [4.78, 5) is 24.1. The second kappa shape index (κ2) is 6.72. The van der Waals surface area contributed by atoms with E-state index in [0.29, 0.717) is 11.3 Å². The first kappa shape index (κ1) is 17.2. The van der Waals surface area contributed by atoms with Gasteiger partial charge in [0, 0.05) is 28.1 Å². The van der Waals surface area contributed by atoms with E-state index in [1.54, 1.807) is 17.7 Å². The molecule has 1 heterocycles. The lowest BCUT2D eigenvalue weighted by atomic mass is 10.1. The highest BCUT2D eigenvalue weighted by molar-refractivity contribution is 9.10. The SMILES string of the molecule is Cc1cc(Br)ccc1NC(=O)Cc1c(C(=O)[O-])n(C)c2ccccc12. The predicted octanol–water partition coefficient (Wildman–Crippen LogP) is 2.79. The molecule has 0 aliphatic carbocycles. The van der Waals surface area contributed by atoms with Gasteiger partial charge in [-0.1, -0.05) is 34.1 Å². The van der Waals surface area contributed by atoms with Crippen molar-refractivity contribution in [1.82, 2.24) is 4.57 Å². The first-order valence-electron chi connectivity index (χ1n) is 7.72. The number of rotatable bonds is 4. The number of halogens is 1. The summed E-state index contributed by atoms with van der Waals surface area (Å²) in [6, 6.07) is 12.8. The number of nitrogens with zero attached hydrogens (tertiary/aromatic N) is 1. The minimum Gasteiger partial charge on any atom is -0.543 e. The summed E-state index contributed by atoms with van der Waals surface area (Å²) in [6.45, 7) is 1.89. The Hall–Kier alpha value is -2.60. The summed E-state index contributed by atoms with van der Waals surface area (Å²) in [6.07, 6.45) is -0.0415. The molecule has 0 aliphatic rings. The van der Waals surface area contributed by atoms with Gasteiger partial charge in [0.2, 0.25) is 5.91 Å². The molecule has 0 saturated heterocycles. The van der Waals surface area contributed by atoms with Crippen LogP contribution < -0.4 is 10.4 Å². The molecular formula is C19H16BrN2O3-. The van der Waals surface area contributed by atoms with Crippen molar-refractivity contribution in [3.63, 3.8) is 0 Å². The van der Waals surface area contributed by atoms with E-state index in [1.807, 2.05) is 43.3 Å². The van der Waals surface area contributed by atoms with Crippen molar-refractivity contribution in [1.29, 1.82) is 0 Å². The summed E-state index contributed by atoms with van der Waals surface area (Å²) in [5.41, 5.74) is 2.86. The maximum Gasteiger partial charge on any atom is 0.228 e. The van der Waals surface area contributed by atoms with Crippen LogP contribution in [0.3, 0.4) is 0 Å². The molecule has 0 fully saturated rings. The van der Waals surface area contributed by atoms with Gasteiger partial charge in [-0.15, -0.1) is 0 Å². The quantitative estimate of drug-likeness (QED) is 0.732. The van der Waals surface area contributed by atoms with Crippen molar-refractivity contribution >= 4 is 44.4 Å². The molecular weight excluding hydrogens is 384 g/mol. The number of hydrogen-bond acceptors (Lipinski definition) is 3. The molecule has 0 saturated carbocycles. The summed E-state index contributed by atoms with van der Waals surface area (Å²) < 4.78 is 2.48. The molecule has 0 radical (unpaired) electrons. The highest BCUT2D eigenvalue weighted by atomic mass is 79.9. The third kappa shape index (κ3) is 3.30. The number of fused-ring (bicyclic) bond motifs is 1. The number of aromatic carboxylic acids is 1. The Morgan fingerprint density at radius 1 is 1.20 bits per heavy atom. The van der Waals surface area contributed by atoms with Crippen molar-refractivity contribution in [2.75, 3.05) is 5.32 Å². The van der Waals surface area contributed by atoms with Gasteiger partial charge < -0.3 is 19.8 Å². The minimum absolute atomic E-state index is 0.0314. The van der Waals surface area contributed by atoms with E-state index in [1.165, 1.54) is 0 Å². The van der Waals surface area contributed by atoms with Gasteiger partial charge in [0.05, 0.1) is 18.1 Å². The number of amides is 1. The number of nitrogens with one attached hydrogen (secondary N) is 1. The second-order valence-electron chi connectivity index (χ2n) is 5.87.